The Kier molecular flexibility index (Phi) is 2.19. The Morgan fingerprint density at radius 2 is 2.00 bits per heavy atom. The van der Waals surface area contributed by atoms with Gasteiger partial charge in [-0.15, -0.1) is 0 Å². The number of rotatable bonds is 0. The second kappa shape index (κ2) is 3.73. The molecular formula is C13H11N3O2. The molecule has 0 aliphatic carbocycles. The standard InChI is InChI=1S/C13H11N3O2/c1-16(13(17)18)12-14-9-6-2-4-8-5-3-7-10(15-12)11(8)9/h2-7H,1H3,(H,14,15)(H,17,18). The minimum atomic E-state index is -1.05. The van der Waals surface area contributed by atoms with Crippen LogP contribution in [-0.2, 0) is 0 Å². The van der Waals surface area contributed by atoms with E-state index in [0.29, 0.717) is 5.96 Å². The Labute approximate surface area is 103 Å². The van der Waals surface area contributed by atoms with Crippen LogP contribution in [0, 0.1) is 0 Å². The molecule has 2 aromatic carbocycles. The largest absolute Gasteiger partial charge is 0.465 e. The molecule has 18 heavy (non-hydrogen) atoms. The molecule has 0 spiro atoms. The predicted octanol–water partition coefficient (Wildman–Crippen LogP) is 2.86. The van der Waals surface area contributed by atoms with Crippen molar-refractivity contribution in [2.45, 2.75) is 0 Å². The van der Waals surface area contributed by atoms with Gasteiger partial charge in [0.25, 0.3) is 0 Å². The fourth-order valence-corrected chi connectivity index (χ4v) is 2.03. The van der Waals surface area contributed by atoms with Crippen molar-refractivity contribution in [3.8, 4) is 0 Å². The van der Waals surface area contributed by atoms with Crippen molar-refractivity contribution < 1.29 is 9.90 Å². The maximum absolute atomic E-state index is 11.0. The zero-order valence-electron chi connectivity index (χ0n) is 9.71. The quantitative estimate of drug-likeness (QED) is 0.745. The lowest BCUT2D eigenvalue weighted by molar-refractivity contribution is 0.175. The molecule has 1 aliphatic rings. The summed E-state index contributed by atoms with van der Waals surface area (Å²) in [5.74, 6) is 0.314. The van der Waals surface area contributed by atoms with Crippen LogP contribution in [-0.4, -0.2) is 29.1 Å². The number of hydrogen-bond acceptors (Lipinski definition) is 3. The van der Waals surface area contributed by atoms with E-state index >= 15 is 0 Å². The molecule has 1 amide bonds. The second-order valence-electron chi connectivity index (χ2n) is 4.08. The summed E-state index contributed by atoms with van der Waals surface area (Å²) in [6.07, 6.45) is -1.05. The first-order valence-electron chi connectivity index (χ1n) is 5.51. The van der Waals surface area contributed by atoms with E-state index in [1.165, 1.54) is 7.05 Å². The van der Waals surface area contributed by atoms with E-state index in [2.05, 4.69) is 10.3 Å². The van der Waals surface area contributed by atoms with Crippen LogP contribution in [0.5, 0.6) is 0 Å². The highest BCUT2D eigenvalue weighted by Gasteiger charge is 2.19. The number of hydrogen-bond donors (Lipinski definition) is 2. The minimum absolute atomic E-state index is 0.314. The van der Waals surface area contributed by atoms with Crippen LogP contribution in [0.15, 0.2) is 41.4 Å². The van der Waals surface area contributed by atoms with Gasteiger partial charge in [0.05, 0.1) is 11.4 Å². The smallest absolute Gasteiger partial charge is 0.413 e. The van der Waals surface area contributed by atoms with Gasteiger partial charge in [-0.05, 0) is 17.5 Å². The first-order valence-corrected chi connectivity index (χ1v) is 5.51. The fourth-order valence-electron chi connectivity index (χ4n) is 2.03. The number of aliphatic imine (C=N–C) groups is 1. The van der Waals surface area contributed by atoms with Gasteiger partial charge in [0.2, 0.25) is 5.96 Å². The number of carbonyl (C=O) groups is 1. The molecular weight excluding hydrogens is 230 g/mol. The molecule has 1 heterocycles. The molecule has 0 saturated heterocycles. The number of anilines is 1. The molecule has 0 fully saturated rings. The van der Waals surface area contributed by atoms with E-state index in [1.807, 2.05) is 36.4 Å². The third kappa shape index (κ3) is 1.48. The van der Waals surface area contributed by atoms with Crippen LogP contribution >= 0.6 is 0 Å². The van der Waals surface area contributed by atoms with E-state index < -0.39 is 6.09 Å². The first kappa shape index (κ1) is 10.6. The zero-order chi connectivity index (χ0) is 12.7. The van der Waals surface area contributed by atoms with Crippen LogP contribution in [0.3, 0.4) is 0 Å². The number of amides is 1. The van der Waals surface area contributed by atoms with E-state index in [4.69, 9.17) is 5.11 Å². The van der Waals surface area contributed by atoms with Crippen LogP contribution in [0.1, 0.15) is 0 Å². The van der Waals surface area contributed by atoms with Gasteiger partial charge < -0.3 is 10.4 Å². The molecule has 0 aromatic heterocycles. The third-order valence-corrected chi connectivity index (χ3v) is 2.96. The molecule has 0 saturated carbocycles. The summed E-state index contributed by atoms with van der Waals surface area (Å²) in [5, 5.41) is 14.1. The Bertz CT molecular complexity index is 674. The Balaban J connectivity index is 2.20. The van der Waals surface area contributed by atoms with Gasteiger partial charge in [-0.2, -0.15) is 0 Å². The summed E-state index contributed by atoms with van der Waals surface area (Å²) >= 11 is 0. The number of carboxylic acid groups (broad SMARTS) is 1. The Morgan fingerprint density at radius 1 is 1.28 bits per heavy atom. The minimum Gasteiger partial charge on any atom is -0.465 e. The summed E-state index contributed by atoms with van der Waals surface area (Å²) in [4.78, 5) is 16.4. The summed E-state index contributed by atoms with van der Waals surface area (Å²) in [7, 11) is 1.46. The average molecular weight is 241 g/mol. The van der Waals surface area contributed by atoms with E-state index in [1.54, 1.807) is 0 Å². The molecule has 5 heteroatoms. The lowest BCUT2D eigenvalue weighted by atomic mass is 10.1. The van der Waals surface area contributed by atoms with Crippen LogP contribution in [0.25, 0.3) is 10.8 Å². The number of nitrogens with one attached hydrogen (secondary N) is 1. The van der Waals surface area contributed by atoms with Gasteiger partial charge in [0, 0.05) is 12.4 Å². The van der Waals surface area contributed by atoms with Gasteiger partial charge in [-0.25, -0.2) is 9.79 Å². The summed E-state index contributed by atoms with van der Waals surface area (Å²) < 4.78 is 0. The SMILES string of the molecule is CN(C(=O)O)C1=Nc2cccc3cccc(c23)N1. The molecule has 0 atom stereocenters. The molecule has 2 N–H and O–H groups in total. The van der Waals surface area contributed by atoms with Gasteiger partial charge in [-0.3, -0.25) is 4.90 Å². The maximum atomic E-state index is 11.0. The van der Waals surface area contributed by atoms with E-state index in [0.717, 1.165) is 27.0 Å². The van der Waals surface area contributed by atoms with Crippen molar-refractivity contribution in [2.24, 2.45) is 4.99 Å². The van der Waals surface area contributed by atoms with Gasteiger partial charge in [0.1, 0.15) is 0 Å². The fraction of sp³-hybridized carbons (Fsp3) is 0.0769. The van der Waals surface area contributed by atoms with Gasteiger partial charge >= 0.3 is 6.09 Å². The predicted molar refractivity (Wildman–Crippen MR) is 70.5 cm³/mol. The summed E-state index contributed by atoms with van der Waals surface area (Å²) in [5.41, 5.74) is 1.66. The molecule has 2 aromatic rings. The molecule has 0 unspecified atom stereocenters. The lowest BCUT2D eigenvalue weighted by Gasteiger charge is -2.22. The van der Waals surface area contributed by atoms with Gasteiger partial charge in [0.15, 0.2) is 0 Å². The normalized spacial score (nSPS) is 12.8. The lowest BCUT2D eigenvalue weighted by Crippen LogP contribution is -2.37. The van der Waals surface area contributed by atoms with Crippen molar-refractivity contribution in [2.75, 3.05) is 12.4 Å². The highest BCUT2D eigenvalue weighted by Crippen LogP contribution is 2.35. The molecule has 3 rings (SSSR count). The first-order chi connectivity index (χ1) is 8.66. The monoisotopic (exact) mass is 241 g/mol. The van der Waals surface area contributed by atoms with Crippen molar-refractivity contribution in [3.63, 3.8) is 0 Å². The topological polar surface area (TPSA) is 64.9 Å². The van der Waals surface area contributed by atoms with Crippen LogP contribution in [0.4, 0.5) is 16.2 Å². The molecule has 1 aliphatic heterocycles. The highest BCUT2D eigenvalue weighted by atomic mass is 16.4. The van der Waals surface area contributed by atoms with Crippen molar-refractivity contribution >= 4 is 34.2 Å². The van der Waals surface area contributed by atoms with Crippen molar-refractivity contribution in [3.05, 3.63) is 36.4 Å². The summed E-state index contributed by atoms with van der Waals surface area (Å²) in [6.45, 7) is 0. The molecule has 0 radical (unpaired) electrons. The number of guanidine groups is 1. The van der Waals surface area contributed by atoms with Gasteiger partial charge in [-0.1, -0.05) is 24.3 Å². The zero-order valence-corrected chi connectivity index (χ0v) is 9.71. The molecule has 0 bridgehead atoms. The number of nitrogens with zero attached hydrogens (tertiary/aromatic N) is 2. The molecule has 90 valence electrons. The van der Waals surface area contributed by atoms with Crippen molar-refractivity contribution in [1.82, 2.24) is 4.90 Å². The number of benzene rings is 2. The van der Waals surface area contributed by atoms with Crippen LogP contribution in [0.2, 0.25) is 0 Å². The highest BCUT2D eigenvalue weighted by molar-refractivity contribution is 6.15. The second-order valence-corrected chi connectivity index (χ2v) is 4.08. The van der Waals surface area contributed by atoms with E-state index in [9.17, 15) is 4.79 Å². The summed E-state index contributed by atoms with van der Waals surface area (Å²) in [6, 6.07) is 11.6. The third-order valence-electron chi connectivity index (χ3n) is 2.96. The Morgan fingerprint density at radius 3 is 2.72 bits per heavy atom. The Hall–Kier alpha value is -2.56. The average Bonchev–Trinajstić information content (AvgIpc) is 2.38. The van der Waals surface area contributed by atoms with Crippen molar-refractivity contribution in [1.29, 1.82) is 0 Å². The van der Waals surface area contributed by atoms with Crippen LogP contribution < -0.4 is 5.32 Å². The maximum Gasteiger partial charge on any atom is 0.413 e. The van der Waals surface area contributed by atoms with E-state index in [-0.39, 0.29) is 0 Å². The molecule has 5 nitrogen and oxygen atoms in total.